The summed E-state index contributed by atoms with van der Waals surface area (Å²) in [5.41, 5.74) is 1.03. The second kappa shape index (κ2) is 6.24. The SMILES string of the molecule is COCc1ccc(NC(=O)N2CCCC(C)(O)C2)cc1. The average Bonchev–Trinajstić information content (AvgIpc) is 2.40. The fourth-order valence-electron chi connectivity index (χ4n) is 2.45. The van der Waals surface area contributed by atoms with Crippen LogP contribution in [0, 0.1) is 0 Å². The fourth-order valence-corrected chi connectivity index (χ4v) is 2.45. The maximum Gasteiger partial charge on any atom is 0.321 e. The molecule has 110 valence electrons. The molecule has 1 atom stereocenters. The Hall–Kier alpha value is -1.59. The number of aliphatic hydroxyl groups is 1. The molecular formula is C15H22N2O3. The molecule has 1 aromatic rings. The van der Waals surface area contributed by atoms with E-state index < -0.39 is 5.60 Å². The predicted octanol–water partition coefficient (Wildman–Crippen LogP) is 2.21. The van der Waals surface area contributed by atoms with E-state index >= 15 is 0 Å². The van der Waals surface area contributed by atoms with Crippen LogP contribution in [-0.4, -0.2) is 41.8 Å². The lowest BCUT2D eigenvalue weighted by Gasteiger charge is -2.36. The summed E-state index contributed by atoms with van der Waals surface area (Å²) in [6.45, 7) is 3.39. The van der Waals surface area contributed by atoms with Gasteiger partial charge in [-0.1, -0.05) is 12.1 Å². The average molecular weight is 278 g/mol. The van der Waals surface area contributed by atoms with E-state index in [1.54, 1.807) is 18.9 Å². The molecule has 1 aliphatic heterocycles. The van der Waals surface area contributed by atoms with Crippen LogP contribution < -0.4 is 5.32 Å². The van der Waals surface area contributed by atoms with Gasteiger partial charge >= 0.3 is 6.03 Å². The first kappa shape index (κ1) is 14.8. The molecule has 0 radical (unpaired) electrons. The zero-order valence-electron chi connectivity index (χ0n) is 12.1. The zero-order valence-corrected chi connectivity index (χ0v) is 12.1. The molecule has 2 N–H and O–H groups in total. The molecule has 1 aromatic carbocycles. The van der Waals surface area contributed by atoms with Crippen molar-refractivity contribution in [3.63, 3.8) is 0 Å². The summed E-state index contributed by atoms with van der Waals surface area (Å²) in [6.07, 6.45) is 1.57. The van der Waals surface area contributed by atoms with Gasteiger partial charge in [-0.2, -0.15) is 0 Å². The van der Waals surface area contributed by atoms with Gasteiger partial charge in [-0.3, -0.25) is 0 Å². The summed E-state index contributed by atoms with van der Waals surface area (Å²) in [7, 11) is 1.65. The Morgan fingerprint density at radius 3 is 2.75 bits per heavy atom. The lowest BCUT2D eigenvalue weighted by molar-refractivity contribution is -0.000635. The molecule has 1 heterocycles. The smallest absolute Gasteiger partial charge is 0.321 e. The van der Waals surface area contributed by atoms with Crippen molar-refractivity contribution in [2.24, 2.45) is 0 Å². The molecule has 0 aliphatic carbocycles. The van der Waals surface area contributed by atoms with E-state index in [-0.39, 0.29) is 6.03 Å². The minimum atomic E-state index is -0.780. The molecule has 1 aliphatic rings. The summed E-state index contributed by atoms with van der Waals surface area (Å²) in [5, 5.41) is 12.9. The summed E-state index contributed by atoms with van der Waals surface area (Å²) in [5.74, 6) is 0. The Kier molecular flexibility index (Phi) is 4.62. The van der Waals surface area contributed by atoms with E-state index in [0.29, 0.717) is 19.7 Å². The van der Waals surface area contributed by atoms with Gasteiger partial charge in [0.05, 0.1) is 18.8 Å². The van der Waals surface area contributed by atoms with Crippen molar-refractivity contribution in [3.05, 3.63) is 29.8 Å². The monoisotopic (exact) mass is 278 g/mol. The van der Waals surface area contributed by atoms with Gasteiger partial charge < -0.3 is 20.1 Å². The molecule has 5 nitrogen and oxygen atoms in total. The van der Waals surface area contributed by atoms with Gasteiger partial charge in [0.25, 0.3) is 0 Å². The molecule has 20 heavy (non-hydrogen) atoms. The minimum Gasteiger partial charge on any atom is -0.388 e. The van der Waals surface area contributed by atoms with Crippen LogP contribution >= 0.6 is 0 Å². The molecular weight excluding hydrogens is 256 g/mol. The Labute approximate surface area is 119 Å². The summed E-state index contributed by atoms with van der Waals surface area (Å²) < 4.78 is 5.04. The normalized spacial score (nSPS) is 22.6. The highest BCUT2D eigenvalue weighted by molar-refractivity contribution is 5.89. The first-order chi connectivity index (χ1) is 9.50. The van der Waals surface area contributed by atoms with Crippen molar-refractivity contribution in [2.75, 3.05) is 25.5 Å². The fraction of sp³-hybridized carbons (Fsp3) is 0.533. The lowest BCUT2D eigenvalue weighted by atomic mass is 9.95. The van der Waals surface area contributed by atoms with Gasteiger partial charge in [-0.25, -0.2) is 4.79 Å². The van der Waals surface area contributed by atoms with Crippen LogP contribution in [0.5, 0.6) is 0 Å². The largest absolute Gasteiger partial charge is 0.388 e. The van der Waals surface area contributed by atoms with Crippen LogP contribution in [0.2, 0.25) is 0 Å². The molecule has 1 fully saturated rings. The van der Waals surface area contributed by atoms with Crippen molar-refractivity contribution in [1.82, 2.24) is 4.90 Å². The number of piperidine rings is 1. The van der Waals surface area contributed by atoms with E-state index in [2.05, 4.69) is 5.32 Å². The first-order valence-electron chi connectivity index (χ1n) is 6.86. The quantitative estimate of drug-likeness (QED) is 0.891. The number of carbonyl (C=O) groups excluding carboxylic acids is 1. The summed E-state index contributed by atoms with van der Waals surface area (Å²) in [4.78, 5) is 13.8. The molecule has 0 spiro atoms. The van der Waals surface area contributed by atoms with Gasteiger partial charge in [0.2, 0.25) is 0 Å². The van der Waals surface area contributed by atoms with Crippen molar-refractivity contribution in [3.8, 4) is 0 Å². The van der Waals surface area contributed by atoms with E-state index in [9.17, 15) is 9.90 Å². The van der Waals surface area contributed by atoms with Gasteiger partial charge in [-0.05, 0) is 37.5 Å². The number of β-amino-alcohol motifs (C(OH)–C–C–N with tert-alkyl or cyclic N) is 1. The molecule has 2 rings (SSSR count). The zero-order chi connectivity index (χ0) is 14.6. The molecule has 5 heteroatoms. The van der Waals surface area contributed by atoms with Crippen molar-refractivity contribution in [2.45, 2.75) is 32.0 Å². The highest BCUT2D eigenvalue weighted by Gasteiger charge is 2.30. The predicted molar refractivity (Wildman–Crippen MR) is 77.6 cm³/mol. The Balaban J connectivity index is 1.93. The van der Waals surface area contributed by atoms with Crippen LogP contribution in [0.25, 0.3) is 0 Å². The number of benzene rings is 1. The Morgan fingerprint density at radius 1 is 1.45 bits per heavy atom. The summed E-state index contributed by atoms with van der Waals surface area (Å²) in [6, 6.07) is 7.39. The lowest BCUT2D eigenvalue weighted by Crippen LogP contribution is -2.49. The maximum atomic E-state index is 12.1. The van der Waals surface area contributed by atoms with Gasteiger partial charge in [-0.15, -0.1) is 0 Å². The van der Waals surface area contributed by atoms with Gasteiger partial charge in [0.15, 0.2) is 0 Å². The summed E-state index contributed by atoms with van der Waals surface area (Å²) >= 11 is 0. The highest BCUT2D eigenvalue weighted by Crippen LogP contribution is 2.21. The molecule has 0 saturated carbocycles. The number of urea groups is 1. The minimum absolute atomic E-state index is 0.163. The number of hydrogen-bond acceptors (Lipinski definition) is 3. The van der Waals surface area contributed by atoms with E-state index in [0.717, 1.165) is 24.1 Å². The number of nitrogens with zero attached hydrogens (tertiary/aromatic N) is 1. The molecule has 0 bridgehead atoms. The standard InChI is InChI=1S/C15H22N2O3/c1-15(19)8-3-9-17(11-15)14(18)16-13-6-4-12(5-7-13)10-20-2/h4-7,19H,3,8-11H2,1-2H3,(H,16,18). The number of anilines is 1. The number of methoxy groups -OCH3 is 1. The highest BCUT2D eigenvalue weighted by atomic mass is 16.5. The number of ether oxygens (including phenoxy) is 1. The van der Waals surface area contributed by atoms with Crippen LogP contribution in [0.3, 0.4) is 0 Å². The van der Waals surface area contributed by atoms with Crippen molar-refractivity contribution >= 4 is 11.7 Å². The number of hydrogen-bond donors (Lipinski definition) is 2. The van der Waals surface area contributed by atoms with Crippen LogP contribution in [0.15, 0.2) is 24.3 Å². The van der Waals surface area contributed by atoms with Crippen molar-refractivity contribution in [1.29, 1.82) is 0 Å². The second-order valence-corrected chi connectivity index (χ2v) is 5.58. The first-order valence-corrected chi connectivity index (χ1v) is 6.86. The Morgan fingerprint density at radius 2 is 2.15 bits per heavy atom. The molecule has 1 unspecified atom stereocenters. The topological polar surface area (TPSA) is 61.8 Å². The molecule has 0 aromatic heterocycles. The number of carbonyl (C=O) groups is 1. The third-order valence-corrected chi connectivity index (χ3v) is 3.48. The van der Waals surface area contributed by atoms with E-state index in [4.69, 9.17) is 4.74 Å². The molecule has 2 amide bonds. The third-order valence-electron chi connectivity index (χ3n) is 3.48. The number of nitrogens with one attached hydrogen (secondary N) is 1. The van der Waals surface area contributed by atoms with Crippen LogP contribution in [-0.2, 0) is 11.3 Å². The third kappa shape index (κ3) is 3.95. The van der Waals surface area contributed by atoms with Gasteiger partial charge in [0.1, 0.15) is 0 Å². The van der Waals surface area contributed by atoms with Gasteiger partial charge in [0, 0.05) is 19.3 Å². The van der Waals surface area contributed by atoms with Crippen LogP contribution in [0.4, 0.5) is 10.5 Å². The number of likely N-dealkylation sites (tertiary alicyclic amines) is 1. The molecule has 1 saturated heterocycles. The number of rotatable bonds is 3. The van der Waals surface area contributed by atoms with E-state index in [1.807, 2.05) is 24.3 Å². The second-order valence-electron chi connectivity index (χ2n) is 5.58. The van der Waals surface area contributed by atoms with Crippen molar-refractivity contribution < 1.29 is 14.6 Å². The van der Waals surface area contributed by atoms with E-state index in [1.165, 1.54) is 0 Å². The number of amides is 2. The maximum absolute atomic E-state index is 12.1. The van der Waals surface area contributed by atoms with Crippen LogP contribution in [0.1, 0.15) is 25.3 Å². The Bertz CT molecular complexity index is 457.